The van der Waals surface area contributed by atoms with Crippen LogP contribution in [0.1, 0.15) is 13.3 Å². The first-order valence-electron chi connectivity index (χ1n) is 2.20. The van der Waals surface area contributed by atoms with Gasteiger partial charge in [0.15, 0.2) is 0 Å². The molecule has 7 heavy (non-hydrogen) atoms. The molecule has 0 saturated heterocycles. The highest BCUT2D eigenvalue weighted by Gasteiger charge is 1.96. The summed E-state index contributed by atoms with van der Waals surface area (Å²) in [5, 5.41) is 0. The summed E-state index contributed by atoms with van der Waals surface area (Å²) >= 11 is 0. The highest BCUT2D eigenvalue weighted by molar-refractivity contribution is 5.98. The SMILES string of the molecule is CCC(OC)O[Si]. The first-order valence-corrected chi connectivity index (χ1v) is 2.61. The molecule has 0 aliphatic rings. The highest BCUT2D eigenvalue weighted by Crippen LogP contribution is 1.92. The molecule has 0 heterocycles. The summed E-state index contributed by atoms with van der Waals surface area (Å²) in [4.78, 5) is 0. The van der Waals surface area contributed by atoms with Crippen LogP contribution in [0.3, 0.4) is 0 Å². The van der Waals surface area contributed by atoms with Crippen LogP contribution in [-0.4, -0.2) is 23.9 Å². The molecule has 1 unspecified atom stereocenters. The molecule has 41 valence electrons. The molecule has 3 radical (unpaired) electrons. The second-order valence-electron chi connectivity index (χ2n) is 1.19. The van der Waals surface area contributed by atoms with E-state index in [1.807, 2.05) is 6.92 Å². The maximum absolute atomic E-state index is 4.78. The third-order valence-corrected chi connectivity index (χ3v) is 0.991. The van der Waals surface area contributed by atoms with Crippen molar-refractivity contribution in [2.45, 2.75) is 19.6 Å². The van der Waals surface area contributed by atoms with E-state index in [0.29, 0.717) is 0 Å². The Hall–Kier alpha value is 0.137. The van der Waals surface area contributed by atoms with Gasteiger partial charge in [-0.05, 0) is 6.42 Å². The van der Waals surface area contributed by atoms with Crippen molar-refractivity contribution in [3.05, 3.63) is 0 Å². The quantitative estimate of drug-likeness (QED) is 0.395. The minimum Gasteiger partial charge on any atom is -0.394 e. The Labute approximate surface area is 47.4 Å². The predicted molar refractivity (Wildman–Crippen MR) is 27.9 cm³/mol. The molecule has 3 heteroatoms. The van der Waals surface area contributed by atoms with Crippen LogP contribution in [-0.2, 0) is 9.16 Å². The summed E-state index contributed by atoms with van der Waals surface area (Å²) in [7, 11) is 4.46. The molecule has 0 amide bonds. The van der Waals surface area contributed by atoms with Gasteiger partial charge in [-0.25, -0.2) is 0 Å². The molecule has 0 bridgehead atoms. The Balaban J connectivity index is 2.99. The fourth-order valence-corrected chi connectivity index (χ4v) is 0.561. The van der Waals surface area contributed by atoms with Gasteiger partial charge in [-0.2, -0.15) is 0 Å². The second-order valence-corrected chi connectivity index (χ2v) is 1.43. The van der Waals surface area contributed by atoms with Crippen molar-refractivity contribution in [3.63, 3.8) is 0 Å². The molecular weight excluding hydrogens is 108 g/mol. The van der Waals surface area contributed by atoms with Crippen molar-refractivity contribution >= 4 is 10.5 Å². The van der Waals surface area contributed by atoms with Gasteiger partial charge in [0, 0.05) is 7.11 Å². The monoisotopic (exact) mass is 117 g/mol. The van der Waals surface area contributed by atoms with Crippen molar-refractivity contribution in [3.8, 4) is 0 Å². The standard InChI is InChI=1S/C4H9O2Si/c1-3-4(5-2)6-7/h4H,3H2,1-2H3. The molecule has 0 fully saturated rings. The molecule has 0 aromatic heterocycles. The zero-order valence-electron chi connectivity index (χ0n) is 4.60. The van der Waals surface area contributed by atoms with E-state index in [2.05, 4.69) is 14.9 Å². The molecule has 0 saturated carbocycles. The normalized spacial score (nSPS) is 14.1. The van der Waals surface area contributed by atoms with Gasteiger partial charge >= 0.3 is 0 Å². The zero-order chi connectivity index (χ0) is 5.70. The fourth-order valence-electron chi connectivity index (χ4n) is 0.298. The number of hydrogen-bond acceptors (Lipinski definition) is 2. The first-order chi connectivity index (χ1) is 3.35. The smallest absolute Gasteiger partial charge is 0.249 e. The second kappa shape index (κ2) is 4.30. The summed E-state index contributed by atoms with van der Waals surface area (Å²) in [6.07, 6.45) is 0.761. The van der Waals surface area contributed by atoms with Gasteiger partial charge in [0.25, 0.3) is 0 Å². The van der Waals surface area contributed by atoms with Crippen LogP contribution >= 0.6 is 0 Å². The lowest BCUT2D eigenvalue weighted by molar-refractivity contribution is -0.0503. The summed E-state index contributed by atoms with van der Waals surface area (Å²) in [5.74, 6) is 0. The number of methoxy groups -OCH3 is 1. The maximum Gasteiger partial charge on any atom is 0.249 e. The van der Waals surface area contributed by atoms with Crippen LogP contribution in [0, 0.1) is 0 Å². The third kappa shape index (κ3) is 2.79. The van der Waals surface area contributed by atoms with Gasteiger partial charge in [-0.1, -0.05) is 6.92 Å². The van der Waals surface area contributed by atoms with E-state index >= 15 is 0 Å². The minimum absolute atomic E-state index is 0.100. The van der Waals surface area contributed by atoms with E-state index in [4.69, 9.17) is 4.74 Å². The Bertz CT molecular complexity index is 31.2. The lowest BCUT2D eigenvalue weighted by Crippen LogP contribution is -2.11. The number of hydrogen-bond donors (Lipinski definition) is 0. The molecule has 0 aliphatic heterocycles. The van der Waals surface area contributed by atoms with E-state index in [1.54, 1.807) is 7.11 Å². The van der Waals surface area contributed by atoms with E-state index in [1.165, 1.54) is 0 Å². The Morgan fingerprint density at radius 3 is 2.29 bits per heavy atom. The molecule has 0 aromatic carbocycles. The Morgan fingerprint density at radius 1 is 1.71 bits per heavy atom. The lowest BCUT2D eigenvalue weighted by Gasteiger charge is -2.08. The summed E-state index contributed by atoms with van der Waals surface area (Å²) in [6, 6.07) is 0. The van der Waals surface area contributed by atoms with Crippen molar-refractivity contribution in [1.82, 2.24) is 0 Å². The highest BCUT2D eigenvalue weighted by atomic mass is 28.2. The van der Waals surface area contributed by atoms with Crippen molar-refractivity contribution in [2.24, 2.45) is 0 Å². The maximum atomic E-state index is 4.78. The van der Waals surface area contributed by atoms with E-state index in [-0.39, 0.29) is 6.29 Å². The van der Waals surface area contributed by atoms with Crippen LogP contribution in [0.25, 0.3) is 0 Å². The van der Waals surface area contributed by atoms with Gasteiger partial charge in [0.05, 0.1) is 0 Å². The van der Waals surface area contributed by atoms with Gasteiger partial charge < -0.3 is 9.16 Å². The van der Waals surface area contributed by atoms with Crippen LogP contribution in [0.15, 0.2) is 0 Å². The number of ether oxygens (including phenoxy) is 1. The molecule has 0 N–H and O–H groups in total. The van der Waals surface area contributed by atoms with E-state index in [9.17, 15) is 0 Å². The van der Waals surface area contributed by atoms with Gasteiger partial charge in [-0.15, -0.1) is 0 Å². The molecular formula is C4H9O2Si. The van der Waals surface area contributed by atoms with Crippen LogP contribution in [0.5, 0.6) is 0 Å². The molecule has 0 aromatic rings. The van der Waals surface area contributed by atoms with Crippen molar-refractivity contribution in [2.75, 3.05) is 7.11 Å². The van der Waals surface area contributed by atoms with Crippen LogP contribution in [0.2, 0.25) is 0 Å². The van der Waals surface area contributed by atoms with E-state index in [0.717, 1.165) is 6.42 Å². The van der Waals surface area contributed by atoms with Crippen molar-refractivity contribution < 1.29 is 9.16 Å². The molecule has 0 aliphatic carbocycles. The molecule has 0 rings (SSSR count). The molecule has 1 atom stereocenters. The largest absolute Gasteiger partial charge is 0.394 e. The van der Waals surface area contributed by atoms with Gasteiger partial charge in [0.2, 0.25) is 10.5 Å². The third-order valence-electron chi connectivity index (χ3n) is 0.728. The Morgan fingerprint density at radius 2 is 2.29 bits per heavy atom. The van der Waals surface area contributed by atoms with Crippen molar-refractivity contribution in [1.29, 1.82) is 0 Å². The molecule has 0 spiro atoms. The van der Waals surface area contributed by atoms with Crippen LogP contribution < -0.4 is 0 Å². The average molecular weight is 117 g/mol. The lowest BCUT2D eigenvalue weighted by atomic mass is 10.5. The predicted octanol–water partition coefficient (Wildman–Crippen LogP) is 0.469. The van der Waals surface area contributed by atoms with Gasteiger partial charge in [-0.3, -0.25) is 0 Å². The Kier molecular flexibility index (Phi) is 4.38. The summed E-state index contributed by atoms with van der Waals surface area (Å²) < 4.78 is 9.41. The average Bonchev–Trinajstić information content (AvgIpc) is 1.72. The number of rotatable bonds is 3. The van der Waals surface area contributed by atoms with E-state index < -0.39 is 0 Å². The zero-order valence-corrected chi connectivity index (χ0v) is 5.60. The fraction of sp³-hybridized carbons (Fsp3) is 1.00. The van der Waals surface area contributed by atoms with Crippen LogP contribution in [0.4, 0.5) is 0 Å². The first kappa shape index (κ1) is 7.14. The molecule has 2 nitrogen and oxygen atoms in total. The minimum atomic E-state index is -0.100. The topological polar surface area (TPSA) is 18.5 Å². The van der Waals surface area contributed by atoms with Gasteiger partial charge in [0.1, 0.15) is 6.29 Å². The summed E-state index contributed by atoms with van der Waals surface area (Å²) in [5.41, 5.74) is 0. The summed E-state index contributed by atoms with van der Waals surface area (Å²) in [6.45, 7) is 1.98.